The third-order valence-electron chi connectivity index (χ3n) is 3.65. The highest BCUT2D eigenvalue weighted by molar-refractivity contribution is 5.99. The van der Waals surface area contributed by atoms with E-state index in [4.69, 9.17) is 0 Å². The molecular weight excluding hydrogens is 296 g/mol. The second kappa shape index (κ2) is 7.26. The first-order valence-corrected chi connectivity index (χ1v) is 7.81. The molecular formula is C17H22N2O4. The van der Waals surface area contributed by atoms with Crippen LogP contribution in [0, 0.1) is 11.8 Å². The Hall–Kier alpha value is -2.37. The summed E-state index contributed by atoms with van der Waals surface area (Å²) in [5.74, 6) is -1.31. The standard InChI is InChI=1S/C17H22N2O4/c1-10(2)8-14(17(22)23)19-16(21)12-4-3-5-13(9-12)18-15(20)11-6-7-11/h3-5,9-11,14H,6-8H2,1-2H3,(H,18,20)(H,19,21)(H,22,23). The molecule has 0 spiro atoms. The van der Waals surface area contributed by atoms with Gasteiger partial charge in [-0.15, -0.1) is 0 Å². The molecule has 1 aliphatic rings. The van der Waals surface area contributed by atoms with Crippen LogP contribution in [-0.2, 0) is 9.59 Å². The summed E-state index contributed by atoms with van der Waals surface area (Å²) in [6.07, 6.45) is 2.17. The number of carbonyl (C=O) groups excluding carboxylic acids is 2. The number of amides is 2. The minimum absolute atomic E-state index is 0.0363. The fraction of sp³-hybridized carbons (Fsp3) is 0.471. The summed E-state index contributed by atoms with van der Waals surface area (Å²) in [5.41, 5.74) is 0.874. The molecule has 6 heteroatoms. The normalized spacial score (nSPS) is 15.1. The topological polar surface area (TPSA) is 95.5 Å². The quantitative estimate of drug-likeness (QED) is 0.718. The Kier molecular flexibility index (Phi) is 5.36. The molecule has 0 heterocycles. The molecule has 1 atom stereocenters. The SMILES string of the molecule is CC(C)CC(NC(=O)c1cccc(NC(=O)C2CC2)c1)C(=O)O. The van der Waals surface area contributed by atoms with Crippen LogP contribution < -0.4 is 10.6 Å². The van der Waals surface area contributed by atoms with Crippen molar-refractivity contribution >= 4 is 23.5 Å². The average molecular weight is 318 g/mol. The van der Waals surface area contributed by atoms with E-state index in [1.165, 1.54) is 0 Å². The summed E-state index contributed by atoms with van der Waals surface area (Å²) in [7, 11) is 0. The van der Waals surface area contributed by atoms with Crippen molar-refractivity contribution in [3.8, 4) is 0 Å². The molecule has 0 radical (unpaired) electrons. The lowest BCUT2D eigenvalue weighted by molar-refractivity contribution is -0.139. The molecule has 1 saturated carbocycles. The van der Waals surface area contributed by atoms with Crippen LogP contribution in [0.1, 0.15) is 43.5 Å². The van der Waals surface area contributed by atoms with Gasteiger partial charge in [-0.1, -0.05) is 19.9 Å². The van der Waals surface area contributed by atoms with Crippen molar-refractivity contribution in [1.82, 2.24) is 5.32 Å². The van der Waals surface area contributed by atoms with Crippen LogP contribution in [0.4, 0.5) is 5.69 Å². The predicted molar refractivity (Wildman–Crippen MR) is 86.1 cm³/mol. The van der Waals surface area contributed by atoms with E-state index in [-0.39, 0.29) is 17.7 Å². The Morgan fingerprint density at radius 2 is 1.96 bits per heavy atom. The number of hydrogen-bond acceptors (Lipinski definition) is 3. The van der Waals surface area contributed by atoms with Gasteiger partial charge in [-0.2, -0.15) is 0 Å². The fourth-order valence-corrected chi connectivity index (χ4v) is 2.26. The van der Waals surface area contributed by atoms with Crippen LogP contribution in [0.5, 0.6) is 0 Å². The molecule has 0 aliphatic heterocycles. The van der Waals surface area contributed by atoms with Crippen LogP contribution in [0.25, 0.3) is 0 Å². The van der Waals surface area contributed by atoms with Gasteiger partial charge in [-0.3, -0.25) is 9.59 Å². The van der Waals surface area contributed by atoms with Crippen molar-refractivity contribution in [3.05, 3.63) is 29.8 Å². The molecule has 0 saturated heterocycles. The minimum Gasteiger partial charge on any atom is -0.480 e. The van der Waals surface area contributed by atoms with Gasteiger partial charge in [-0.25, -0.2) is 4.79 Å². The smallest absolute Gasteiger partial charge is 0.326 e. The third kappa shape index (κ3) is 5.09. The second-order valence-corrected chi connectivity index (χ2v) is 6.34. The average Bonchev–Trinajstić information content (AvgIpc) is 3.30. The minimum atomic E-state index is -1.05. The Balaban J connectivity index is 2.03. The Bertz CT molecular complexity index is 608. The first-order chi connectivity index (χ1) is 10.9. The number of carboxylic acids is 1. The van der Waals surface area contributed by atoms with Crippen LogP contribution in [-0.4, -0.2) is 28.9 Å². The van der Waals surface area contributed by atoms with Crippen molar-refractivity contribution < 1.29 is 19.5 Å². The largest absolute Gasteiger partial charge is 0.480 e. The number of benzene rings is 1. The van der Waals surface area contributed by atoms with E-state index in [1.807, 2.05) is 13.8 Å². The Morgan fingerprint density at radius 3 is 2.52 bits per heavy atom. The van der Waals surface area contributed by atoms with E-state index in [9.17, 15) is 19.5 Å². The highest BCUT2D eigenvalue weighted by Crippen LogP contribution is 2.30. The van der Waals surface area contributed by atoms with Gasteiger partial charge in [0.2, 0.25) is 5.91 Å². The predicted octanol–water partition coefficient (Wildman–Crippen LogP) is 2.26. The lowest BCUT2D eigenvalue weighted by Crippen LogP contribution is -2.41. The molecule has 6 nitrogen and oxygen atoms in total. The molecule has 3 N–H and O–H groups in total. The lowest BCUT2D eigenvalue weighted by Gasteiger charge is -2.16. The summed E-state index contributed by atoms with van der Waals surface area (Å²) >= 11 is 0. The van der Waals surface area contributed by atoms with Crippen LogP contribution >= 0.6 is 0 Å². The van der Waals surface area contributed by atoms with Crippen LogP contribution in [0.3, 0.4) is 0 Å². The van der Waals surface area contributed by atoms with Gasteiger partial charge in [0.15, 0.2) is 0 Å². The van der Waals surface area contributed by atoms with Crippen molar-refractivity contribution in [2.24, 2.45) is 11.8 Å². The first kappa shape index (κ1) is 17.0. The number of hydrogen-bond donors (Lipinski definition) is 3. The molecule has 0 bridgehead atoms. The highest BCUT2D eigenvalue weighted by atomic mass is 16.4. The number of nitrogens with one attached hydrogen (secondary N) is 2. The van der Waals surface area contributed by atoms with Crippen LogP contribution in [0.15, 0.2) is 24.3 Å². The van der Waals surface area contributed by atoms with Gasteiger partial charge in [0.25, 0.3) is 5.91 Å². The van der Waals surface area contributed by atoms with Crippen molar-refractivity contribution in [2.45, 2.75) is 39.2 Å². The summed E-state index contributed by atoms with van der Waals surface area (Å²) in [5, 5.41) is 14.5. The monoisotopic (exact) mass is 318 g/mol. The molecule has 1 aliphatic carbocycles. The van der Waals surface area contributed by atoms with Gasteiger partial charge < -0.3 is 15.7 Å². The maximum Gasteiger partial charge on any atom is 0.326 e. The number of anilines is 1. The summed E-state index contributed by atoms with van der Waals surface area (Å²) in [6, 6.07) is 5.60. The van der Waals surface area contributed by atoms with Crippen molar-refractivity contribution in [3.63, 3.8) is 0 Å². The maximum absolute atomic E-state index is 12.2. The molecule has 1 aromatic carbocycles. The fourth-order valence-electron chi connectivity index (χ4n) is 2.26. The molecule has 1 aromatic rings. The molecule has 2 amide bonds. The zero-order chi connectivity index (χ0) is 17.0. The molecule has 124 valence electrons. The van der Waals surface area contributed by atoms with Gasteiger partial charge in [-0.05, 0) is 43.4 Å². The molecule has 2 rings (SSSR count). The number of carbonyl (C=O) groups is 3. The zero-order valence-corrected chi connectivity index (χ0v) is 13.3. The van der Waals surface area contributed by atoms with Gasteiger partial charge in [0.05, 0.1) is 0 Å². The highest BCUT2D eigenvalue weighted by Gasteiger charge is 2.29. The van der Waals surface area contributed by atoms with Gasteiger partial charge in [0.1, 0.15) is 6.04 Å². The zero-order valence-electron chi connectivity index (χ0n) is 13.3. The molecule has 23 heavy (non-hydrogen) atoms. The lowest BCUT2D eigenvalue weighted by atomic mass is 10.0. The van der Waals surface area contributed by atoms with Crippen LogP contribution in [0.2, 0.25) is 0 Å². The molecule has 1 fully saturated rings. The first-order valence-electron chi connectivity index (χ1n) is 7.81. The number of aliphatic carboxylic acids is 1. The van der Waals surface area contributed by atoms with E-state index in [0.29, 0.717) is 17.7 Å². The van der Waals surface area contributed by atoms with E-state index in [1.54, 1.807) is 24.3 Å². The van der Waals surface area contributed by atoms with Crippen molar-refractivity contribution in [1.29, 1.82) is 0 Å². The summed E-state index contributed by atoms with van der Waals surface area (Å²) in [4.78, 5) is 35.2. The van der Waals surface area contributed by atoms with E-state index in [0.717, 1.165) is 12.8 Å². The molecule has 0 aromatic heterocycles. The van der Waals surface area contributed by atoms with E-state index in [2.05, 4.69) is 10.6 Å². The second-order valence-electron chi connectivity index (χ2n) is 6.34. The summed E-state index contributed by atoms with van der Waals surface area (Å²) in [6.45, 7) is 3.80. The third-order valence-corrected chi connectivity index (χ3v) is 3.65. The Morgan fingerprint density at radius 1 is 1.26 bits per heavy atom. The van der Waals surface area contributed by atoms with Gasteiger partial charge >= 0.3 is 5.97 Å². The maximum atomic E-state index is 12.2. The van der Waals surface area contributed by atoms with Crippen molar-refractivity contribution in [2.75, 3.05) is 5.32 Å². The van der Waals surface area contributed by atoms with E-state index >= 15 is 0 Å². The Labute approximate surface area is 135 Å². The molecule has 1 unspecified atom stereocenters. The number of rotatable bonds is 7. The van der Waals surface area contributed by atoms with E-state index < -0.39 is 17.9 Å². The van der Waals surface area contributed by atoms with Gasteiger partial charge in [0, 0.05) is 17.2 Å². The summed E-state index contributed by atoms with van der Waals surface area (Å²) < 4.78 is 0. The number of carboxylic acid groups (broad SMARTS) is 1.